The fourth-order valence-corrected chi connectivity index (χ4v) is 4.40. The number of hydrogen-bond donors (Lipinski definition) is 1. The third-order valence-corrected chi connectivity index (χ3v) is 5.77. The van der Waals surface area contributed by atoms with E-state index < -0.39 is 6.10 Å². The standard InChI is InChI=1S/C24H21NO3/c26-23-13-14-25(22-12-6-5-11-20(22)23)24(27)28-15-21-18-9-3-1-7-16(18)17-8-2-4-10-19(17)21/h1-12,21,23,26H,13-15H2. The summed E-state index contributed by atoms with van der Waals surface area (Å²) in [6.07, 6.45) is -0.378. The van der Waals surface area contributed by atoms with E-state index in [-0.39, 0.29) is 12.0 Å². The van der Waals surface area contributed by atoms with Crippen molar-refractivity contribution in [2.24, 2.45) is 0 Å². The van der Waals surface area contributed by atoms with Gasteiger partial charge in [0, 0.05) is 18.0 Å². The number of benzene rings is 3. The molecule has 1 aliphatic carbocycles. The predicted octanol–water partition coefficient (Wildman–Crippen LogP) is 4.88. The molecule has 1 unspecified atom stereocenters. The lowest BCUT2D eigenvalue weighted by Crippen LogP contribution is -2.37. The van der Waals surface area contributed by atoms with Crippen molar-refractivity contribution < 1.29 is 14.6 Å². The van der Waals surface area contributed by atoms with Gasteiger partial charge >= 0.3 is 6.09 Å². The first-order valence-corrected chi connectivity index (χ1v) is 9.63. The molecule has 0 saturated carbocycles. The maximum Gasteiger partial charge on any atom is 0.414 e. The minimum atomic E-state index is -0.533. The first-order chi connectivity index (χ1) is 13.7. The maximum atomic E-state index is 12.9. The monoisotopic (exact) mass is 371 g/mol. The molecule has 0 fully saturated rings. The van der Waals surface area contributed by atoms with Gasteiger partial charge in [-0.15, -0.1) is 0 Å². The molecule has 28 heavy (non-hydrogen) atoms. The van der Waals surface area contributed by atoms with Gasteiger partial charge in [-0.1, -0.05) is 66.7 Å². The summed E-state index contributed by atoms with van der Waals surface area (Å²) in [5.74, 6) is 0.0435. The van der Waals surface area contributed by atoms with Gasteiger partial charge in [-0.05, 0) is 34.7 Å². The zero-order chi connectivity index (χ0) is 19.1. The van der Waals surface area contributed by atoms with E-state index in [1.54, 1.807) is 4.90 Å². The summed E-state index contributed by atoms with van der Waals surface area (Å²) >= 11 is 0. The molecule has 140 valence electrons. The molecule has 1 N–H and O–H groups in total. The SMILES string of the molecule is O=C(OCC1c2ccccc2-c2ccccc21)N1CCC(O)c2ccccc21. The van der Waals surface area contributed by atoms with E-state index in [4.69, 9.17) is 4.74 Å². The Morgan fingerprint density at radius 3 is 2.14 bits per heavy atom. The minimum Gasteiger partial charge on any atom is -0.448 e. The molecule has 0 aromatic heterocycles. The molecule has 0 radical (unpaired) electrons. The van der Waals surface area contributed by atoms with Crippen LogP contribution in [-0.2, 0) is 4.74 Å². The quantitative estimate of drug-likeness (QED) is 0.698. The number of aliphatic hydroxyl groups excluding tert-OH is 1. The van der Waals surface area contributed by atoms with Gasteiger partial charge in [-0.2, -0.15) is 0 Å². The van der Waals surface area contributed by atoms with Crippen LogP contribution in [0.4, 0.5) is 10.5 Å². The van der Waals surface area contributed by atoms with Crippen LogP contribution < -0.4 is 4.90 Å². The van der Waals surface area contributed by atoms with Crippen LogP contribution in [-0.4, -0.2) is 24.4 Å². The van der Waals surface area contributed by atoms with Gasteiger partial charge in [0.1, 0.15) is 6.61 Å². The van der Waals surface area contributed by atoms with Gasteiger partial charge in [0.25, 0.3) is 0 Å². The maximum absolute atomic E-state index is 12.9. The number of anilines is 1. The summed E-state index contributed by atoms with van der Waals surface area (Å²) in [5, 5.41) is 10.2. The number of carbonyl (C=O) groups is 1. The van der Waals surface area contributed by atoms with E-state index >= 15 is 0 Å². The molecule has 0 bridgehead atoms. The predicted molar refractivity (Wildman–Crippen MR) is 108 cm³/mol. The fraction of sp³-hybridized carbons (Fsp3) is 0.208. The molecule has 2 aliphatic rings. The van der Waals surface area contributed by atoms with Crippen LogP contribution in [0.1, 0.15) is 35.1 Å². The third kappa shape index (κ3) is 2.69. The number of ether oxygens (including phenoxy) is 1. The number of para-hydroxylation sites is 1. The summed E-state index contributed by atoms with van der Waals surface area (Å²) < 4.78 is 5.78. The van der Waals surface area contributed by atoms with Crippen LogP contribution >= 0.6 is 0 Å². The zero-order valence-corrected chi connectivity index (χ0v) is 15.4. The van der Waals surface area contributed by atoms with Crippen molar-refractivity contribution in [2.45, 2.75) is 18.4 Å². The Morgan fingerprint density at radius 1 is 0.893 bits per heavy atom. The van der Waals surface area contributed by atoms with Crippen LogP contribution in [0.3, 0.4) is 0 Å². The second-order valence-corrected chi connectivity index (χ2v) is 7.32. The summed E-state index contributed by atoms with van der Waals surface area (Å²) in [4.78, 5) is 14.5. The molecule has 5 rings (SSSR count). The van der Waals surface area contributed by atoms with Crippen molar-refractivity contribution in [2.75, 3.05) is 18.1 Å². The lowest BCUT2D eigenvalue weighted by molar-refractivity contribution is 0.140. The van der Waals surface area contributed by atoms with Gasteiger partial charge in [0.15, 0.2) is 0 Å². The van der Waals surface area contributed by atoms with E-state index in [0.717, 1.165) is 11.3 Å². The molecule has 1 amide bonds. The smallest absolute Gasteiger partial charge is 0.414 e. The second-order valence-electron chi connectivity index (χ2n) is 7.32. The average Bonchev–Trinajstić information content (AvgIpc) is 3.06. The summed E-state index contributed by atoms with van der Waals surface area (Å²) in [7, 11) is 0. The molecule has 3 aromatic rings. The normalized spacial score (nSPS) is 17.6. The first kappa shape index (κ1) is 17.0. The molecule has 1 heterocycles. The molecular formula is C24H21NO3. The number of hydrogen-bond acceptors (Lipinski definition) is 3. The second kappa shape index (κ2) is 6.80. The van der Waals surface area contributed by atoms with Crippen molar-refractivity contribution in [3.05, 3.63) is 89.5 Å². The molecule has 0 saturated heterocycles. The molecule has 3 aromatic carbocycles. The number of amides is 1. The highest BCUT2D eigenvalue weighted by atomic mass is 16.6. The largest absolute Gasteiger partial charge is 0.448 e. The summed E-state index contributed by atoms with van der Waals surface area (Å²) in [6, 6.07) is 24.1. The van der Waals surface area contributed by atoms with Gasteiger partial charge in [-0.3, -0.25) is 4.90 Å². The highest BCUT2D eigenvalue weighted by Crippen LogP contribution is 2.44. The number of fused-ring (bicyclic) bond motifs is 4. The summed E-state index contributed by atoms with van der Waals surface area (Å²) in [5.41, 5.74) is 6.34. The van der Waals surface area contributed by atoms with E-state index in [9.17, 15) is 9.90 Å². The van der Waals surface area contributed by atoms with Crippen molar-refractivity contribution in [3.63, 3.8) is 0 Å². The average molecular weight is 371 g/mol. The fourth-order valence-electron chi connectivity index (χ4n) is 4.40. The lowest BCUT2D eigenvalue weighted by Gasteiger charge is -2.31. The molecular weight excluding hydrogens is 350 g/mol. The van der Waals surface area contributed by atoms with Gasteiger partial charge in [-0.25, -0.2) is 4.79 Å². The summed E-state index contributed by atoms with van der Waals surface area (Å²) in [6.45, 7) is 0.753. The Hall–Kier alpha value is -3.11. The van der Waals surface area contributed by atoms with Crippen molar-refractivity contribution in [1.82, 2.24) is 0 Å². The molecule has 1 aliphatic heterocycles. The topological polar surface area (TPSA) is 49.8 Å². The molecule has 0 spiro atoms. The Morgan fingerprint density at radius 2 is 1.46 bits per heavy atom. The van der Waals surface area contributed by atoms with Crippen LogP contribution in [0, 0.1) is 0 Å². The highest BCUT2D eigenvalue weighted by molar-refractivity contribution is 5.89. The van der Waals surface area contributed by atoms with Crippen LogP contribution in [0.5, 0.6) is 0 Å². The van der Waals surface area contributed by atoms with Crippen molar-refractivity contribution >= 4 is 11.8 Å². The van der Waals surface area contributed by atoms with Gasteiger partial charge < -0.3 is 9.84 Å². The Labute approximate surface area is 164 Å². The Kier molecular flexibility index (Phi) is 4.14. The number of aliphatic hydroxyl groups is 1. The van der Waals surface area contributed by atoms with Crippen LogP contribution in [0.15, 0.2) is 72.8 Å². The minimum absolute atomic E-state index is 0.0435. The highest BCUT2D eigenvalue weighted by Gasteiger charge is 2.32. The van der Waals surface area contributed by atoms with Crippen molar-refractivity contribution in [3.8, 4) is 11.1 Å². The van der Waals surface area contributed by atoms with E-state index in [1.165, 1.54) is 22.3 Å². The van der Waals surface area contributed by atoms with E-state index in [1.807, 2.05) is 48.5 Å². The molecule has 1 atom stereocenters. The number of nitrogens with zero attached hydrogens (tertiary/aromatic N) is 1. The third-order valence-electron chi connectivity index (χ3n) is 5.77. The van der Waals surface area contributed by atoms with Gasteiger partial charge in [0.2, 0.25) is 0 Å². The van der Waals surface area contributed by atoms with Gasteiger partial charge in [0.05, 0.1) is 11.8 Å². The van der Waals surface area contributed by atoms with Crippen LogP contribution in [0.25, 0.3) is 11.1 Å². The van der Waals surface area contributed by atoms with Crippen LogP contribution in [0.2, 0.25) is 0 Å². The number of carbonyl (C=O) groups excluding carboxylic acids is 1. The lowest BCUT2D eigenvalue weighted by atomic mass is 9.98. The Balaban J connectivity index is 1.39. The molecule has 4 heteroatoms. The first-order valence-electron chi connectivity index (χ1n) is 9.63. The number of rotatable bonds is 2. The van der Waals surface area contributed by atoms with E-state index in [2.05, 4.69) is 24.3 Å². The van der Waals surface area contributed by atoms with Crippen molar-refractivity contribution in [1.29, 1.82) is 0 Å². The zero-order valence-electron chi connectivity index (χ0n) is 15.4. The van der Waals surface area contributed by atoms with E-state index in [0.29, 0.717) is 19.6 Å². The Bertz CT molecular complexity index is 1000. The molecule has 4 nitrogen and oxygen atoms in total.